The number of benzene rings is 1. The first-order valence-corrected chi connectivity index (χ1v) is 6.10. The summed E-state index contributed by atoms with van der Waals surface area (Å²) in [5.74, 6) is 0. The second-order valence-electron chi connectivity index (χ2n) is 4.75. The number of rotatable bonds is 3. The average Bonchev–Trinajstić information content (AvgIpc) is 2.28. The summed E-state index contributed by atoms with van der Waals surface area (Å²) >= 11 is 0. The van der Waals surface area contributed by atoms with Crippen molar-refractivity contribution >= 4 is 17.1 Å². The second kappa shape index (κ2) is 5.22. The number of nitro benzene ring substituents is 1. The summed E-state index contributed by atoms with van der Waals surface area (Å²) in [4.78, 5) is 10.2. The van der Waals surface area contributed by atoms with Gasteiger partial charge in [-0.05, 0) is 38.4 Å². The molecule has 0 bridgehead atoms. The van der Waals surface area contributed by atoms with Crippen LogP contribution in [0.4, 0.5) is 17.1 Å². The molecular weight excluding hydrogens is 232 g/mol. The Hall–Kier alpha value is -1.82. The van der Waals surface area contributed by atoms with Crippen LogP contribution in [0.15, 0.2) is 18.2 Å². The van der Waals surface area contributed by atoms with Gasteiger partial charge in [-0.1, -0.05) is 0 Å². The van der Waals surface area contributed by atoms with E-state index in [1.54, 1.807) is 12.1 Å². The fourth-order valence-corrected chi connectivity index (χ4v) is 2.31. The van der Waals surface area contributed by atoms with Crippen LogP contribution in [0, 0.1) is 10.1 Å². The Bertz CT molecular complexity index is 450. The van der Waals surface area contributed by atoms with Crippen molar-refractivity contribution in [3.05, 3.63) is 28.3 Å². The van der Waals surface area contributed by atoms with E-state index in [0.717, 1.165) is 25.1 Å². The maximum atomic E-state index is 10.7. The van der Waals surface area contributed by atoms with Gasteiger partial charge in [-0.15, -0.1) is 0 Å². The van der Waals surface area contributed by atoms with E-state index < -0.39 is 4.92 Å². The van der Waals surface area contributed by atoms with E-state index in [0.29, 0.717) is 12.1 Å². The molecule has 0 radical (unpaired) electrons. The molecule has 6 nitrogen and oxygen atoms in total. The molecule has 0 aliphatic carbocycles. The molecule has 1 heterocycles. The van der Waals surface area contributed by atoms with Gasteiger partial charge in [0.15, 0.2) is 0 Å². The Morgan fingerprint density at radius 3 is 2.94 bits per heavy atom. The third kappa shape index (κ3) is 2.89. The minimum atomic E-state index is -0.467. The molecule has 2 unspecified atom stereocenters. The molecule has 1 aliphatic rings. The fourth-order valence-electron chi connectivity index (χ4n) is 2.31. The van der Waals surface area contributed by atoms with Crippen LogP contribution in [-0.4, -0.2) is 23.6 Å². The predicted molar refractivity (Wildman–Crippen MR) is 71.6 cm³/mol. The minimum absolute atomic E-state index is 0.0424. The van der Waals surface area contributed by atoms with E-state index >= 15 is 0 Å². The van der Waals surface area contributed by atoms with E-state index in [2.05, 4.69) is 17.6 Å². The number of piperidine rings is 1. The number of nitrogens with one attached hydrogen (secondary N) is 2. The molecule has 0 amide bonds. The fraction of sp³-hybridized carbons (Fsp3) is 0.500. The molecule has 1 saturated heterocycles. The summed E-state index contributed by atoms with van der Waals surface area (Å²) < 4.78 is 0. The van der Waals surface area contributed by atoms with Crippen molar-refractivity contribution in [2.45, 2.75) is 31.8 Å². The monoisotopic (exact) mass is 250 g/mol. The Labute approximate surface area is 106 Å². The van der Waals surface area contributed by atoms with E-state index in [9.17, 15) is 10.1 Å². The zero-order valence-corrected chi connectivity index (χ0v) is 10.3. The van der Waals surface area contributed by atoms with Crippen LogP contribution in [0.1, 0.15) is 19.8 Å². The lowest BCUT2D eigenvalue weighted by atomic mass is 10.0. The van der Waals surface area contributed by atoms with Crippen molar-refractivity contribution in [2.75, 3.05) is 17.6 Å². The minimum Gasteiger partial charge on any atom is -0.393 e. The third-order valence-corrected chi connectivity index (χ3v) is 3.22. The molecule has 1 aromatic carbocycles. The number of hydrogen-bond donors (Lipinski definition) is 3. The van der Waals surface area contributed by atoms with Crippen LogP contribution < -0.4 is 16.4 Å². The highest BCUT2D eigenvalue weighted by Crippen LogP contribution is 2.26. The molecule has 18 heavy (non-hydrogen) atoms. The standard InChI is InChI=1S/C12H18N4O2/c1-8-6-10(4-5-14-8)15-9-2-3-12(16(17)18)11(13)7-9/h2-3,7-8,10,14-15H,4-6,13H2,1H3. The number of nitro groups is 1. The highest BCUT2D eigenvalue weighted by Gasteiger charge is 2.19. The Balaban J connectivity index is 2.05. The van der Waals surface area contributed by atoms with Crippen LogP contribution in [0.5, 0.6) is 0 Å². The Morgan fingerprint density at radius 2 is 2.33 bits per heavy atom. The van der Waals surface area contributed by atoms with Crippen molar-refractivity contribution in [2.24, 2.45) is 0 Å². The van der Waals surface area contributed by atoms with Crippen molar-refractivity contribution in [1.29, 1.82) is 0 Å². The summed E-state index contributed by atoms with van der Waals surface area (Å²) in [6, 6.07) is 5.67. The lowest BCUT2D eigenvalue weighted by molar-refractivity contribution is -0.383. The first-order valence-electron chi connectivity index (χ1n) is 6.10. The van der Waals surface area contributed by atoms with Crippen LogP contribution in [0.25, 0.3) is 0 Å². The zero-order valence-electron chi connectivity index (χ0n) is 10.3. The van der Waals surface area contributed by atoms with Gasteiger partial charge in [0.2, 0.25) is 0 Å². The summed E-state index contributed by atoms with van der Waals surface area (Å²) in [6.07, 6.45) is 2.08. The Morgan fingerprint density at radius 1 is 1.56 bits per heavy atom. The summed E-state index contributed by atoms with van der Waals surface area (Å²) in [6.45, 7) is 3.14. The van der Waals surface area contributed by atoms with Gasteiger partial charge in [-0.2, -0.15) is 0 Å². The second-order valence-corrected chi connectivity index (χ2v) is 4.75. The molecule has 0 saturated carbocycles. The molecular formula is C12H18N4O2. The summed E-state index contributed by atoms with van der Waals surface area (Å²) in [7, 11) is 0. The topological polar surface area (TPSA) is 93.2 Å². The molecule has 0 aromatic heterocycles. The molecule has 4 N–H and O–H groups in total. The molecule has 0 spiro atoms. The van der Waals surface area contributed by atoms with Crippen LogP contribution in [0.3, 0.4) is 0 Å². The molecule has 2 atom stereocenters. The normalized spacial score (nSPS) is 23.6. The zero-order chi connectivity index (χ0) is 13.1. The van der Waals surface area contributed by atoms with Crippen LogP contribution >= 0.6 is 0 Å². The van der Waals surface area contributed by atoms with Crippen LogP contribution in [0.2, 0.25) is 0 Å². The predicted octanol–water partition coefficient (Wildman–Crippen LogP) is 1.73. The van der Waals surface area contributed by atoms with E-state index in [-0.39, 0.29) is 11.4 Å². The van der Waals surface area contributed by atoms with Gasteiger partial charge >= 0.3 is 0 Å². The van der Waals surface area contributed by atoms with Gasteiger partial charge < -0.3 is 16.4 Å². The largest absolute Gasteiger partial charge is 0.393 e. The van der Waals surface area contributed by atoms with Crippen molar-refractivity contribution < 1.29 is 4.92 Å². The van der Waals surface area contributed by atoms with Gasteiger partial charge in [-0.25, -0.2) is 0 Å². The lowest BCUT2D eigenvalue weighted by Gasteiger charge is -2.29. The van der Waals surface area contributed by atoms with Crippen molar-refractivity contribution in [1.82, 2.24) is 5.32 Å². The summed E-state index contributed by atoms with van der Waals surface area (Å²) in [5.41, 5.74) is 6.66. The van der Waals surface area contributed by atoms with E-state index in [4.69, 9.17) is 5.73 Å². The van der Waals surface area contributed by atoms with E-state index in [1.165, 1.54) is 6.07 Å². The first kappa shape index (κ1) is 12.6. The number of nitrogens with zero attached hydrogens (tertiary/aromatic N) is 1. The van der Waals surface area contributed by atoms with Gasteiger partial charge in [0.1, 0.15) is 5.69 Å². The Kier molecular flexibility index (Phi) is 3.66. The SMILES string of the molecule is CC1CC(Nc2ccc([N+](=O)[O-])c(N)c2)CCN1. The summed E-state index contributed by atoms with van der Waals surface area (Å²) in [5, 5.41) is 17.4. The van der Waals surface area contributed by atoms with Crippen molar-refractivity contribution in [3.63, 3.8) is 0 Å². The quantitative estimate of drug-likeness (QED) is 0.431. The van der Waals surface area contributed by atoms with E-state index in [1.807, 2.05) is 0 Å². The number of anilines is 2. The highest BCUT2D eigenvalue weighted by molar-refractivity contribution is 5.66. The maximum absolute atomic E-state index is 10.7. The molecule has 6 heteroatoms. The van der Waals surface area contributed by atoms with Crippen LogP contribution in [-0.2, 0) is 0 Å². The first-order chi connectivity index (χ1) is 8.56. The number of nitrogen functional groups attached to an aromatic ring is 1. The van der Waals surface area contributed by atoms with Gasteiger partial charge in [0.05, 0.1) is 4.92 Å². The van der Waals surface area contributed by atoms with Gasteiger partial charge in [0.25, 0.3) is 5.69 Å². The molecule has 98 valence electrons. The van der Waals surface area contributed by atoms with Gasteiger partial charge in [-0.3, -0.25) is 10.1 Å². The maximum Gasteiger partial charge on any atom is 0.292 e. The molecule has 1 fully saturated rings. The third-order valence-electron chi connectivity index (χ3n) is 3.22. The average molecular weight is 250 g/mol. The molecule has 1 aliphatic heterocycles. The smallest absolute Gasteiger partial charge is 0.292 e. The molecule has 1 aromatic rings. The van der Waals surface area contributed by atoms with Crippen molar-refractivity contribution in [3.8, 4) is 0 Å². The number of hydrogen-bond acceptors (Lipinski definition) is 5. The lowest BCUT2D eigenvalue weighted by Crippen LogP contribution is -2.41. The number of nitrogens with two attached hydrogens (primary N) is 1. The van der Waals surface area contributed by atoms with Gasteiger partial charge in [0, 0.05) is 23.8 Å². The molecule has 2 rings (SSSR count). The highest BCUT2D eigenvalue weighted by atomic mass is 16.6.